The Balaban J connectivity index is 1.22. The highest BCUT2D eigenvalue weighted by molar-refractivity contribution is 5.91. The summed E-state index contributed by atoms with van der Waals surface area (Å²) in [7, 11) is 0. The molecule has 1 aromatic carbocycles. The van der Waals surface area contributed by atoms with E-state index in [1.807, 2.05) is 41.4 Å². The molecule has 2 fully saturated rings. The molecular formula is C24H32N4O2. The summed E-state index contributed by atoms with van der Waals surface area (Å²) >= 11 is 0. The first kappa shape index (κ1) is 20.6. The van der Waals surface area contributed by atoms with Crippen LogP contribution in [-0.2, 0) is 9.59 Å². The summed E-state index contributed by atoms with van der Waals surface area (Å²) in [6, 6.07) is 9.58. The summed E-state index contributed by atoms with van der Waals surface area (Å²) in [6.07, 6.45) is 13.0. The molecule has 0 unspecified atom stereocenters. The normalized spacial score (nSPS) is 18.3. The topological polar surface area (TPSA) is 67.2 Å². The zero-order valence-electron chi connectivity index (χ0n) is 17.6. The molecule has 4 rings (SSSR count). The number of hydrogen-bond donors (Lipinski definition) is 1. The number of hydrogen-bond acceptors (Lipinski definition) is 3. The molecule has 2 amide bonds. The second kappa shape index (κ2) is 9.92. The van der Waals surface area contributed by atoms with Crippen molar-refractivity contribution in [3.05, 3.63) is 42.7 Å². The van der Waals surface area contributed by atoms with Gasteiger partial charge < -0.3 is 10.2 Å². The molecule has 2 aromatic rings. The van der Waals surface area contributed by atoms with Crippen LogP contribution in [0.1, 0.15) is 57.8 Å². The van der Waals surface area contributed by atoms with Crippen LogP contribution >= 0.6 is 0 Å². The van der Waals surface area contributed by atoms with E-state index in [1.165, 1.54) is 32.1 Å². The standard InChI is InChI=1S/C24H32N4O2/c29-23(26-21-8-4-9-22(18-21)28-13-5-12-25-28)16-20-10-14-27(15-11-20)24(30)17-19-6-2-1-3-7-19/h4-5,8-9,12-13,18-20H,1-3,6-7,10-11,14-17H2,(H,26,29). The number of likely N-dealkylation sites (tertiary alicyclic amines) is 1. The van der Waals surface area contributed by atoms with E-state index in [0.29, 0.717) is 24.2 Å². The Morgan fingerprint density at radius 3 is 2.47 bits per heavy atom. The molecule has 1 aromatic heterocycles. The number of rotatable bonds is 6. The fourth-order valence-corrected chi connectivity index (χ4v) is 4.78. The van der Waals surface area contributed by atoms with Crippen LogP contribution in [0.15, 0.2) is 42.7 Å². The van der Waals surface area contributed by atoms with Crippen LogP contribution in [0, 0.1) is 11.8 Å². The van der Waals surface area contributed by atoms with Crippen LogP contribution in [0.2, 0.25) is 0 Å². The molecule has 0 bridgehead atoms. The first-order valence-corrected chi connectivity index (χ1v) is 11.3. The van der Waals surface area contributed by atoms with Crippen molar-refractivity contribution in [3.63, 3.8) is 0 Å². The van der Waals surface area contributed by atoms with Gasteiger partial charge in [-0.05, 0) is 61.8 Å². The van der Waals surface area contributed by atoms with Gasteiger partial charge in [0.2, 0.25) is 11.8 Å². The zero-order chi connectivity index (χ0) is 20.8. The Labute approximate surface area is 178 Å². The lowest BCUT2D eigenvalue weighted by atomic mass is 9.86. The van der Waals surface area contributed by atoms with E-state index in [0.717, 1.165) is 43.7 Å². The number of benzene rings is 1. The lowest BCUT2D eigenvalue weighted by molar-refractivity contribution is -0.133. The second-order valence-electron chi connectivity index (χ2n) is 8.79. The average Bonchev–Trinajstić information content (AvgIpc) is 3.30. The Morgan fingerprint density at radius 1 is 0.967 bits per heavy atom. The predicted octanol–water partition coefficient (Wildman–Crippen LogP) is 4.41. The van der Waals surface area contributed by atoms with Crippen molar-refractivity contribution in [2.24, 2.45) is 11.8 Å². The molecule has 6 nitrogen and oxygen atoms in total. The van der Waals surface area contributed by atoms with E-state index >= 15 is 0 Å². The number of aromatic nitrogens is 2. The number of amides is 2. The third-order valence-electron chi connectivity index (χ3n) is 6.53. The predicted molar refractivity (Wildman–Crippen MR) is 117 cm³/mol. The van der Waals surface area contributed by atoms with Crippen molar-refractivity contribution in [3.8, 4) is 5.69 Å². The molecule has 2 aliphatic rings. The monoisotopic (exact) mass is 408 g/mol. The molecule has 1 saturated carbocycles. The van der Waals surface area contributed by atoms with Gasteiger partial charge in [-0.15, -0.1) is 0 Å². The number of nitrogens with zero attached hydrogens (tertiary/aromatic N) is 3. The van der Waals surface area contributed by atoms with Crippen LogP contribution in [0.25, 0.3) is 5.69 Å². The van der Waals surface area contributed by atoms with Crippen molar-refractivity contribution in [1.82, 2.24) is 14.7 Å². The van der Waals surface area contributed by atoms with Gasteiger partial charge >= 0.3 is 0 Å². The van der Waals surface area contributed by atoms with Crippen LogP contribution in [0.5, 0.6) is 0 Å². The summed E-state index contributed by atoms with van der Waals surface area (Å²) in [4.78, 5) is 27.2. The number of piperidine rings is 1. The van der Waals surface area contributed by atoms with Gasteiger partial charge in [-0.25, -0.2) is 4.68 Å². The molecule has 0 spiro atoms. The highest BCUT2D eigenvalue weighted by atomic mass is 16.2. The maximum Gasteiger partial charge on any atom is 0.224 e. The minimum Gasteiger partial charge on any atom is -0.343 e. The van der Waals surface area contributed by atoms with Gasteiger partial charge in [0.15, 0.2) is 0 Å². The van der Waals surface area contributed by atoms with Crippen molar-refractivity contribution >= 4 is 17.5 Å². The van der Waals surface area contributed by atoms with Gasteiger partial charge in [-0.2, -0.15) is 5.10 Å². The molecule has 6 heteroatoms. The highest BCUT2D eigenvalue weighted by Crippen LogP contribution is 2.28. The molecule has 1 aliphatic heterocycles. The Morgan fingerprint density at radius 2 is 1.73 bits per heavy atom. The van der Waals surface area contributed by atoms with Crippen molar-refractivity contribution in [2.75, 3.05) is 18.4 Å². The van der Waals surface area contributed by atoms with Gasteiger partial charge in [0.1, 0.15) is 0 Å². The lowest BCUT2D eigenvalue weighted by Gasteiger charge is -2.33. The van der Waals surface area contributed by atoms with E-state index in [-0.39, 0.29) is 5.91 Å². The van der Waals surface area contributed by atoms with Crippen LogP contribution in [0.4, 0.5) is 5.69 Å². The van der Waals surface area contributed by atoms with E-state index in [9.17, 15) is 9.59 Å². The number of anilines is 1. The van der Waals surface area contributed by atoms with Gasteiger partial charge in [-0.1, -0.05) is 25.3 Å². The molecule has 30 heavy (non-hydrogen) atoms. The number of carbonyl (C=O) groups excluding carboxylic acids is 2. The van der Waals surface area contributed by atoms with Crippen LogP contribution < -0.4 is 5.32 Å². The number of carbonyl (C=O) groups is 2. The molecule has 1 aliphatic carbocycles. The molecule has 2 heterocycles. The molecule has 0 radical (unpaired) electrons. The fourth-order valence-electron chi connectivity index (χ4n) is 4.78. The summed E-state index contributed by atoms with van der Waals surface area (Å²) in [5.41, 5.74) is 1.70. The van der Waals surface area contributed by atoms with E-state index in [1.54, 1.807) is 10.9 Å². The maximum absolute atomic E-state index is 12.6. The molecule has 160 valence electrons. The van der Waals surface area contributed by atoms with Crippen LogP contribution in [-0.4, -0.2) is 39.6 Å². The highest BCUT2D eigenvalue weighted by Gasteiger charge is 2.26. The molecule has 0 atom stereocenters. The third-order valence-corrected chi connectivity index (χ3v) is 6.53. The molecular weight excluding hydrogens is 376 g/mol. The van der Waals surface area contributed by atoms with Crippen LogP contribution in [0.3, 0.4) is 0 Å². The van der Waals surface area contributed by atoms with Gasteiger partial charge in [0.25, 0.3) is 0 Å². The lowest BCUT2D eigenvalue weighted by Crippen LogP contribution is -2.40. The summed E-state index contributed by atoms with van der Waals surface area (Å²) < 4.78 is 1.77. The summed E-state index contributed by atoms with van der Waals surface area (Å²) in [5.74, 6) is 1.30. The fraction of sp³-hybridized carbons (Fsp3) is 0.542. The minimum atomic E-state index is 0.0413. The second-order valence-corrected chi connectivity index (χ2v) is 8.79. The third kappa shape index (κ3) is 5.49. The summed E-state index contributed by atoms with van der Waals surface area (Å²) in [5, 5.41) is 7.25. The van der Waals surface area contributed by atoms with Crippen molar-refractivity contribution < 1.29 is 9.59 Å². The van der Waals surface area contributed by atoms with Gasteiger partial charge in [0, 0.05) is 44.0 Å². The van der Waals surface area contributed by atoms with Gasteiger partial charge in [-0.3, -0.25) is 9.59 Å². The molecule has 1 saturated heterocycles. The average molecular weight is 409 g/mol. The quantitative estimate of drug-likeness (QED) is 0.770. The summed E-state index contributed by atoms with van der Waals surface area (Å²) in [6.45, 7) is 1.58. The SMILES string of the molecule is O=C(CC1CCN(C(=O)CC2CCCCC2)CC1)Nc1cccc(-n2cccn2)c1. The van der Waals surface area contributed by atoms with E-state index in [4.69, 9.17) is 0 Å². The first-order valence-electron chi connectivity index (χ1n) is 11.3. The smallest absolute Gasteiger partial charge is 0.224 e. The Bertz CT molecular complexity index is 835. The number of nitrogens with one attached hydrogen (secondary N) is 1. The van der Waals surface area contributed by atoms with Crippen molar-refractivity contribution in [2.45, 2.75) is 57.8 Å². The van der Waals surface area contributed by atoms with E-state index in [2.05, 4.69) is 10.4 Å². The minimum absolute atomic E-state index is 0.0413. The van der Waals surface area contributed by atoms with Gasteiger partial charge in [0.05, 0.1) is 5.69 Å². The Kier molecular flexibility index (Phi) is 6.82. The molecule has 1 N–H and O–H groups in total. The van der Waals surface area contributed by atoms with Crippen molar-refractivity contribution in [1.29, 1.82) is 0 Å². The first-order chi connectivity index (χ1) is 14.7. The largest absolute Gasteiger partial charge is 0.343 e. The maximum atomic E-state index is 12.6. The zero-order valence-corrected chi connectivity index (χ0v) is 17.6. The van der Waals surface area contributed by atoms with E-state index < -0.39 is 0 Å². The Hall–Kier alpha value is -2.63.